The van der Waals surface area contributed by atoms with Crippen LogP contribution in [0, 0.1) is 0 Å². The van der Waals surface area contributed by atoms with Crippen LogP contribution in [0.15, 0.2) is 42.5 Å². The summed E-state index contributed by atoms with van der Waals surface area (Å²) < 4.78 is 6.03. The highest BCUT2D eigenvalue weighted by Crippen LogP contribution is 2.28. The van der Waals surface area contributed by atoms with Crippen LogP contribution in [-0.4, -0.2) is 23.9 Å². The number of aryl methyl sites for hydroxylation is 1. The zero-order valence-corrected chi connectivity index (χ0v) is 15.4. The number of carbonyl (C=O) groups is 2. The second kappa shape index (κ2) is 7.97. The lowest BCUT2D eigenvalue weighted by atomic mass is 10.1. The molecule has 26 heavy (non-hydrogen) atoms. The molecular weight excluding hydrogens is 350 g/mol. The van der Waals surface area contributed by atoms with Gasteiger partial charge >= 0.3 is 0 Å². The predicted octanol–water partition coefficient (Wildman–Crippen LogP) is 3.83. The fourth-order valence-corrected chi connectivity index (χ4v) is 3.41. The van der Waals surface area contributed by atoms with E-state index < -0.39 is 0 Å². The van der Waals surface area contributed by atoms with E-state index in [9.17, 15) is 9.59 Å². The maximum Gasteiger partial charge on any atom is 0.226 e. The van der Waals surface area contributed by atoms with Crippen molar-refractivity contribution in [3.8, 4) is 5.75 Å². The van der Waals surface area contributed by atoms with Gasteiger partial charge in [-0.25, -0.2) is 4.98 Å². The van der Waals surface area contributed by atoms with Gasteiger partial charge in [0.05, 0.1) is 17.3 Å². The molecule has 0 aliphatic carbocycles. The number of aromatic nitrogens is 1. The van der Waals surface area contributed by atoms with E-state index in [-0.39, 0.29) is 11.8 Å². The van der Waals surface area contributed by atoms with Gasteiger partial charge in [0.15, 0.2) is 5.13 Å². The Morgan fingerprint density at radius 1 is 1.12 bits per heavy atom. The van der Waals surface area contributed by atoms with E-state index in [1.165, 1.54) is 18.3 Å². The molecule has 0 aliphatic heterocycles. The molecule has 134 valence electrons. The van der Waals surface area contributed by atoms with Crippen LogP contribution in [0.5, 0.6) is 5.75 Å². The van der Waals surface area contributed by atoms with Gasteiger partial charge in [-0.05, 0) is 42.3 Å². The fourth-order valence-electron chi connectivity index (χ4n) is 2.49. The molecule has 2 amide bonds. The number of methoxy groups -OCH3 is 1. The Morgan fingerprint density at radius 2 is 1.88 bits per heavy atom. The molecular formula is C19H19N3O3S. The van der Waals surface area contributed by atoms with Crippen molar-refractivity contribution >= 4 is 44.2 Å². The Morgan fingerprint density at radius 3 is 2.58 bits per heavy atom. The fraction of sp³-hybridized carbons (Fsp3) is 0.211. The summed E-state index contributed by atoms with van der Waals surface area (Å²) in [5.41, 5.74) is 2.57. The van der Waals surface area contributed by atoms with Crippen molar-refractivity contribution in [2.75, 3.05) is 17.7 Å². The SMILES string of the molecule is COc1ccc(CCC(=O)Nc2nc3ccc(NC(C)=O)cc3s2)cc1. The molecule has 2 N–H and O–H groups in total. The minimum atomic E-state index is -0.124. The van der Waals surface area contributed by atoms with Crippen LogP contribution in [-0.2, 0) is 16.0 Å². The van der Waals surface area contributed by atoms with Crippen LogP contribution in [0.25, 0.3) is 10.2 Å². The molecule has 1 heterocycles. The summed E-state index contributed by atoms with van der Waals surface area (Å²) in [6, 6.07) is 13.1. The predicted molar refractivity (Wildman–Crippen MR) is 104 cm³/mol. The summed E-state index contributed by atoms with van der Waals surface area (Å²) in [7, 11) is 1.62. The number of thiazole rings is 1. The number of ether oxygens (including phenoxy) is 1. The lowest BCUT2D eigenvalue weighted by Crippen LogP contribution is -2.12. The number of hydrogen-bond acceptors (Lipinski definition) is 5. The van der Waals surface area contributed by atoms with Crippen molar-refractivity contribution in [1.82, 2.24) is 4.98 Å². The maximum atomic E-state index is 12.2. The molecule has 2 aromatic carbocycles. The number of amides is 2. The Balaban J connectivity index is 1.60. The summed E-state index contributed by atoms with van der Waals surface area (Å²) in [6.45, 7) is 1.46. The van der Waals surface area contributed by atoms with Gasteiger partial charge in [-0.1, -0.05) is 23.5 Å². The highest BCUT2D eigenvalue weighted by molar-refractivity contribution is 7.22. The summed E-state index contributed by atoms with van der Waals surface area (Å²) in [5, 5.41) is 6.13. The van der Waals surface area contributed by atoms with Gasteiger partial charge in [0, 0.05) is 19.0 Å². The number of nitrogens with zero attached hydrogens (tertiary/aromatic N) is 1. The third-order valence-corrected chi connectivity index (χ3v) is 4.69. The van der Waals surface area contributed by atoms with E-state index in [2.05, 4.69) is 15.6 Å². The molecule has 7 heteroatoms. The normalized spacial score (nSPS) is 10.5. The number of nitrogens with one attached hydrogen (secondary N) is 2. The smallest absolute Gasteiger partial charge is 0.226 e. The van der Waals surface area contributed by atoms with Crippen molar-refractivity contribution in [2.24, 2.45) is 0 Å². The summed E-state index contributed by atoms with van der Waals surface area (Å²) >= 11 is 1.38. The Kier molecular flexibility index (Phi) is 5.48. The molecule has 0 bridgehead atoms. The molecule has 0 unspecified atom stereocenters. The number of fused-ring (bicyclic) bond motifs is 1. The van der Waals surface area contributed by atoms with E-state index in [0.717, 1.165) is 21.5 Å². The van der Waals surface area contributed by atoms with Crippen molar-refractivity contribution < 1.29 is 14.3 Å². The number of hydrogen-bond donors (Lipinski definition) is 2. The molecule has 0 radical (unpaired) electrons. The third kappa shape index (κ3) is 4.58. The molecule has 0 saturated carbocycles. The van der Waals surface area contributed by atoms with E-state index >= 15 is 0 Å². The lowest BCUT2D eigenvalue weighted by molar-refractivity contribution is -0.116. The van der Waals surface area contributed by atoms with Crippen LogP contribution in [0.3, 0.4) is 0 Å². The number of anilines is 2. The molecule has 6 nitrogen and oxygen atoms in total. The van der Waals surface area contributed by atoms with E-state index in [1.807, 2.05) is 36.4 Å². The molecule has 1 aromatic heterocycles. The standard InChI is InChI=1S/C19H19N3O3S/c1-12(23)20-14-6-9-16-17(11-14)26-19(21-16)22-18(24)10-5-13-3-7-15(25-2)8-4-13/h3-4,6-9,11H,5,10H2,1-2H3,(H,20,23)(H,21,22,24). The molecule has 0 spiro atoms. The summed E-state index contributed by atoms with van der Waals surface area (Å²) in [6.07, 6.45) is 1.02. The van der Waals surface area contributed by atoms with E-state index in [1.54, 1.807) is 13.2 Å². The maximum absolute atomic E-state index is 12.2. The van der Waals surface area contributed by atoms with Crippen LogP contribution < -0.4 is 15.4 Å². The Bertz CT molecular complexity index is 935. The van der Waals surface area contributed by atoms with E-state index in [0.29, 0.717) is 23.7 Å². The average Bonchev–Trinajstić information content (AvgIpc) is 3.01. The summed E-state index contributed by atoms with van der Waals surface area (Å²) in [5.74, 6) is 0.592. The van der Waals surface area contributed by atoms with Gasteiger partial charge in [-0.2, -0.15) is 0 Å². The van der Waals surface area contributed by atoms with Crippen molar-refractivity contribution in [2.45, 2.75) is 19.8 Å². The first-order chi connectivity index (χ1) is 12.5. The zero-order valence-electron chi connectivity index (χ0n) is 14.5. The molecule has 0 fully saturated rings. The molecule has 3 rings (SSSR count). The minimum absolute atomic E-state index is 0.0815. The number of carbonyl (C=O) groups excluding carboxylic acids is 2. The highest BCUT2D eigenvalue weighted by atomic mass is 32.1. The highest BCUT2D eigenvalue weighted by Gasteiger charge is 2.09. The third-order valence-electron chi connectivity index (χ3n) is 3.75. The van der Waals surface area contributed by atoms with Crippen LogP contribution in [0.2, 0.25) is 0 Å². The van der Waals surface area contributed by atoms with Gasteiger partial charge in [0.25, 0.3) is 0 Å². The van der Waals surface area contributed by atoms with Crippen molar-refractivity contribution in [1.29, 1.82) is 0 Å². The Labute approximate surface area is 155 Å². The minimum Gasteiger partial charge on any atom is -0.497 e. The van der Waals surface area contributed by atoms with Gasteiger partial charge < -0.3 is 15.4 Å². The quantitative estimate of drug-likeness (QED) is 0.692. The first kappa shape index (κ1) is 17.9. The topological polar surface area (TPSA) is 80.3 Å². The van der Waals surface area contributed by atoms with E-state index in [4.69, 9.17) is 4.74 Å². The first-order valence-corrected chi connectivity index (χ1v) is 8.96. The summed E-state index contributed by atoms with van der Waals surface area (Å²) in [4.78, 5) is 27.7. The Hall–Kier alpha value is -2.93. The van der Waals surface area contributed by atoms with Crippen LogP contribution in [0.4, 0.5) is 10.8 Å². The van der Waals surface area contributed by atoms with Gasteiger partial charge in [0.1, 0.15) is 5.75 Å². The average molecular weight is 369 g/mol. The molecule has 0 atom stereocenters. The van der Waals surface area contributed by atoms with Crippen molar-refractivity contribution in [3.05, 3.63) is 48.0 Å². The van der Waals surface area contributed by atoms with Gasteiger partial charge in [-0.15, -0.1) is 0 Å². The van der Waals surface area contributed by atoms with Gasteiger partial charge in [-0.3, -0.25) is 9.59 Å². The molecule has 3 aromatic rings. The first-order valence-electron chi connectivity index (χ1n) is 8.14. The lowest BCUT2D eigenvalue weighted by Gasteiger charge is -2.03. The largest absolute Gasteiger partial charge is 0.497 e. The number of benzene rings is 2. The zero-order chi connectivity index (χ0) is 18.5. The van der Waals surface area contributed by atoms with Crippen molar-refractivity contribution in [3.63, 3.8) is 0 Å². The monoisotopic (exact) mass is 369 g/mol. The van der Waals surface area contributed by atoms with Gasteiger partial charge in [0.2, 0.25) is 11.8 Å². The van der Waals surface area contributed by atoms with Crippen LogP contribution >= 0.6 is 11.3 Å². The number of rotatable bonds is 6. The van der Waals surface area contributed by atoms with Crippen LogP contribution in [0.1, 0.15) is 18.9 Å². The second-order valence-electron chi connectivity index (χ2n) is 5.78. The molecule has 0 saturated heterocycles. The molecule has 0 aliphatic rings. The second-order valence-corrected chi connectivity index (χ2v) is 6.81.